The number of carbonyl (C=O) groups excluding carboxylic acids is 1. The second-order valence-electron chi connectivity index (χ2n) is 7.38. The van der Waals surface area contributed by atoms with Crippen LogP contribution in [0, 0.1) is 0 Å². The highest BCUT2D eigenvalue weighted by atomic mass is 16.5. The number of aromatic amines is 1. The van der Waals surface area contributed by atoms with Gasteiger partial charge in [-0.1, -0.05) is 36.4 Å². The fraction of sp³-hybridized carbons (Fsp3) is 0.167. The summed E-state index contributed by atoms with van der Waals surface area (Å²) in [6, 6.07) is 19.6. The molecule has 0 saturated carbocycles. The van der Waals surface area contributed by atoms with Crippen molar-refractivity contribution in [1.29, 1.82) is 0 Å². The normalized spacial score (nSPS) is 15.0. The zero-order valence-electron chi connectivity index (χ0n) is 16.5. The van der Waals surface area contributed by atoms with E-state index in [-0.39, 0.29) is 5.92 Å². The zero-order valence-corrected chi connectivity index (χ0v) is 16.5. The fourth-order valence-electron chi connectivity index (χ4n) is 4.21. The van der Waals surface area contributed by atoms with E-state index in [9.17, 15) is 4.79 Å². The Morgan fingerprint density at radius 3 is 2.80 bits per heavy atom. The van der Waals surface area contributed by atoms with Crippen LogP contribution in [-0.4, -0.2) is 23.0 Å². The van der Waals surface area contributed by atoms with Crippen LogP contribution < -0.4 is 10.5 Å². The number of rotatable bonds is 3. The van der Waals surface area contributed by atoms with Crippen molar-refractivity contribution in [1.82, 2.24) is 9.97 Å². The van der Waals surface area contributed by atoms with Crippen molar-refractivity contribution in [3.63, 3.8) is 0 Å². The molecule has 30 heavy (non-hydrogen) atoms. The van der Waals surface area contributed by atoms with Gasteiger partial charge in [0.2, 0.25) is 0 Å². The summed E-state index contributed by atoms with van der Waals surface area (Å²) in [4.78, 5) is 20.4. The molecular formula is C24H21N3O3. The summed E-state index contributed by atoms with van der Waals surface area (Å²) in [6.07, 6.45) is 0.594. The van der Waals surface area contributed by atoms with Crippen molar-refractivity contribution in [3.8, 4) is 5.75 Å². The van der Waals surface area contributed by atoms with Gasteiger partial charge in [-0.3, -0.25) is 0 Å². The molecular weight excluding hydrogens is 378 g/mol. The Morgan fingerprint density at radius 1 is 1.17 bits per heavy atom. The van der Waals surface area contributed by atoms with Crippen LogP contribution in [-0.2, 0) is 17.8 Å². The molecule has 6 heteroatoms. The molecule has 0 amide bonds. The Morgan fingerprint density at radius 2 is 1.97 bits per heavy atom. The van der Waals surface area contributed by atoms with Gasteiger partial charge in [0, 0.05) is 17.9 Å². The number of hydrogen-bond donors (Lipinski definition) is 2. The van der Waals surface area contributed by atoms with Crippen LogP contribution in [0.15, 0.2) is 60.7 Å². The molecule has 2 heterocycles. The maximum absolute atomic E-state index is 12.3. The lowest BCUT2D eigenvalue weighted by Gasteiger charge is -2.21. The Labute approximate surface area is 173 Å². The highest BCUT2D eigenvalue weighted by molar-refractivity contribution is 5.96. The first-order valence-electron chi connectivity index (χ1n) is 9.80. The molecule has 4 aromatic rings. The van der Waals surface area contributed by atoms with Gasteiger partial charge in [0.1, 0.15) is 18.2 Å². The fourth-order valence-corrected chi connectivity index (χ4v) is 4.21. The second kappa shape index (κ2) is 7.22. The molecule has 5 rings (SSSR count). The van der Waals surface area contributed by atoms with E-state index < -0.39 is 5.97 Å². The number of esters is 1. The molecule has 0 bridgehead atoms. The number of nitrogens with two attached hydrogens (primary N) is 1. The minimum absolute atomic E-state index is 0.121. The lowest BCUT2D eigenvalue weighted by Crippen LogP contribution is -2.13. The molecule has 1 atom stereocenters. The predicted octanol–water partition coefficient (Wildman–Crippen LogP) is 4.20. The number of anilines is 1. The maximum atomic E-state index is 12.3. The van der Waals surface area contributed by atoms with Gasteiger partial charge in [0.15, 0.2) is 0 Å². The number of nitrogens with zero attached hydrogens (tertiary/aromatic N) is 1. The number of ether oxygens (including phenoxy) is 2. The third kappa shape index (κ3) is 2.97. The number of imidazole rings is 1. The van der Waals surface area contributed by atoms with E-state index >= 15 is 0 Å². The minimum atomic E-state index is -0.463. The van der Waals surface area contributed by atoms with Crippen molar-refractivity contribution >= 4 is 22.7 Å². The Bertz CT molecular complexity index is 1230. The largest absolute Gasteiger partial charge is 0.489 e. The zero-order chi connectivity index (χ0) is 20.7. The van der Waals surface area contributed by atoms with E-state index in [1.165, 1.54) is 7.11 Å². The molecule has 1 aliphatic rings. The molecule has 0 aliphatic carbocycles. The van der Waals surface area contributed by atoms with Crippen molar-refractivity contribution in [2.75, 3.05) is 12.8 Å². The summed E-state index contributed by atoms with van der Waals surface area (Å²) in [7, 11) is 1.35. The number of carbonyl (C=O) groups is 1. The van der Waals surface area contributed by atoms with E-state index in [4.69, 9.17) is 20.2 Å². The van der Waals surface area contributed by atoms with E-state index in [1.807, 2.05) is 36.4 Å². The first-order valence-corrected chi connectivity index (χ1v) is 9.80. The highest BCUT2D eigenvalue weighted by Gasteiger charge is 2.30. The van der Waals surface area contributed by atoms with Crippen LogP contribution in [0.3, 0.4) is 0 Å². The first-order chi connectivity index (χ1) is 14.7. The number of para-hydroxylation sites is 2. The first kappa shape index (κ1) is 18.2. The van der Waals surface area contributed by atoms with Gasteiger partial charge in [-0.05, 0) is 35.4 Å². The molecule has 0 spiro atoms. The summed E-state index contributed by atoms with van der Waals surface area (Å²) >= 11 is 0. The van der Waals surface area contributed by atoms with Crippen molar-refractivity contribution in [3.05, 3.63) is 88.7 Å². The van der Waals surface area contributed by atoms with E-state index in [0.717, 1.165) is 33.5 Å². The van der Waals surface area contributed by atoms with E-state index in [2.05, 4.69) is 17.1 Å². The third-order valence-electron chi connectivity index (χ3n) is 5.65. The average Bonchev–Trinajstić information content (AvgIpc) is 3.11. The van der Waals surface area contributed by atoms with Gasteiger partial charge in [0.05, 0.1) is 29.4 Å². The van der Waals surface area contributed by atoms with Gasteiger partial charge < -0.3 is 20.2 Å². The van der Waals surface area contributed by atoms with Crippen LogP contribution in [0.2, 0.25) is 0 Å². The molecule has 150 valence electrons. The van der Waals surface area contributed by atoms with Crippen molar-refractivity contribution in [2.24, 2.45) is 0 Å². The summed E-state index contributed by atoms with van der Waals surface area (Å²) in [5.74, 6) is 0.948. The minimum Gasteiger partial charge on any atom is -0.489 e. The molecule has 1 aromatic heterocycles. The summed E-state index contributed by atoms with van der Waals surface area (Å²) in [6.45, 7) is 0.441. The predicted molar refractivity (Wildman–Crippen MR) is 115 cm³/mol. The summed E-state index contributed by atoms with van der Waals surface area (Å²) in [5, 5.41) is 0. The van der Waals surface area contributed by atoms with E-state index in [1.54, 1.807) is 12.1 Å². The van der Waals surface area contributed by atoms with Gasteiger partial charge in [-0.25, -0.2) is 9.78 Å². The van der Waals surface area contributed by atoms with Crippen LogP contribution in [0.5, 0.6) is 5.75 Å². The lowest BCUT2D eigenvalue weighted by atomic mass is 9.84. The third-order valence-corrected chi connectivity index (χ3v) is 5.65. The second-order valence-corrected chi connectivity index (χ2v) is 7.38. The number of benzene rings is 3. The van der Waals surface area contributed by atoms with E-state index in [0.29, 0.717) is 30.0 Å². The Hall–Kier alpha value is -3.80. The Balaban J connectivity index is 1.69. The number of H-pyrrole nitrogens is 1. The average molecular weight is 399 g/mol. The lowest BCUT2D eigenvalue weighted by molar-refractivity contribution is 0.0602. The number of methoxy groups -OCH3 is 1. The quantitative estimate of drug-likeness (QED) is 0.398. The molecule has 6 nitrogen and oxygen atoms in total. The number of nitrogen functional groups attached to an aromatic ring is 1. The van der Waals surface area contributed by atoms with Crippen LogP contribution in [0.4, 0.5) is 5.69 Å². The van der Waals surface area contributed by atoms with Gasteiger partial charge in [-0.15, -0.1) is 0 Å². The molecule has 3 N–H and O–H groups in total. The van der Waals surface area contributed by atoms with Crippen molar-refractivity contribution in [2.45, 2.75) is 18.9 Å². The van der Waals surface area contributed by atoms with Gasteiger partial charge in [0.25, 0.3) is 0 Å². The van der Waals surface area contributed by atoms with Crippen LogP contribution in [0.1, 0.15) is 38.8 Å². The van der Waals surface area contributed by atoms with Gasteiger partial charge in [-0.2, -0.15) is 0 Å². The highest BCUT2D eigenvalue weighted by Crippen LogP contribution is 2.43. The molecule has 1 unspecified atom stereocenters. The van der Waals surface area contributed by atoms with Crippen LogP contribution >= 0.6 is 0 Å². The van der Waals surface area contributed by atoms with Crippen LogP contribution in [0.25, 0.3) is 11.0 Å². The topological polar surface area (TPSA) is 90.2 Å². The van der Waals surface area contributed by atoms with Gasteiger partial charge >= 0.3 is 5.97 Å². The maximum Gasteiger partial charge on any atom is 0.339 e. The number of hydrogen-bond acceptors (Lipinski definition) is 5. The smallest absolute Gasteiger partial charge is 0.339 e. The monoisotopic (exact) mass is 399 g/mol. The number of nitrogens with one attached hydrogen (secondary N) is 1. The molecule has 0 radical (unpaired) electrons. The Kier molecular flexibility index (Phi) is 4.39. The summed E-state index contributed by atoms with van der Waals surface area (Å²) < 4.78 is 11.0. The molecule has 0 fully saturated rings. The molecule has 0 saturated heterocycles. The number of aromatic nitrogens is 2. The van der Waals surface area contributed by atoms with Crippen molar-refractivity contribution < 1.29 is 14.3 Å². The molecule has 1 aliphatic heterocycles. The summed E-state index contributed by atoms with van der Waals surface area (Å²) in [5.41, 5.74) is 12.2. The molecule has 3 aromatic carbocycles. The SMILES string of the molecule is COC(=O)c1ccc2c(c1N)C(Cc1nc3ccccc3[nH]1)c1ccccc1CO2. The number of fused-ring (bicyclic) bond motifs is 3. The standard InChI is InChI=1S/C24H21N3O3/c1-29-24(28)16-10-11-20-22(23(16)25)17(15-7-3-2-6-14(15)13-30-20)12-21-26-18-8-4-5-9-19(18)27-21/h2-11,17H,12-13,25H2,1H3,(H,26,27).